The van der Waals surface area contributed by atoms with Gasteiger partial charge in [-0.1, -0.05) is 78.0 Å². The van der Waals surface area contributed by atoms with Crippen LogP contribution in [0, 0.1) is 0 Å². The van der Waals surface area contributed by atoms with Crippen molar-refractivity contribution in [3.05, 3.63) is 65.7 Å². The van der Waals surface area contributed by atoms with Crippen molar-refractivity contribution in [2.45, 2.75) is 30.4 Å². The van der Waals surface area contributed by atoms with Crippen LogP contribution in [0.2, 0.25) is 0 Å². The summed E-state index contributed by atoms with van der Waals surface area (Å²) in [5, 5.41) is 2.96. The smallest absolute Gasteiger partial charge is 0.233 e. The highest BCUT2D eigenvalue weighted by molar-refractivity contribution is 14.1. The van der Waals surface area contributed by atoms with Crippen molar-refractivity contribution in [1.82, 2.24) is 5.32 Å². The molecule has 0 aliphatic carbocycles. The van der Waals surface area contributed by atoms with Crippen LogP contribution in [-0.4, -0.2) is 9.83 Å². The Kier molecular flexibility index (Phi) is 6.71. The van der Waals surface area contributed by atoms with Gasteiger partial charge in [0.25, 0.3) is 0 Å². The van der Waals surface area contributed by atoms with E-state index in [1.807, 2.05) is 61.5 Å². The average molecular weight is 409 g/mol. The van der Waals surface area contributed by atoms with Crippen LogP contribution in [0.3, 0.4) is 0 Å². The zero-order valence-corrected chi connectivity index (χ0v) is 14.7. The van der Waals surface area contributed by atoms with Crippen LogP contribution in [-0.2, 0) is 17.9 Å². The first-order valence-corrected chi connectivity index (χ1v) is 8.61. The zero-order chi connectivity index (χ0) is 15.8. The Morgan fingerprint density at radius 3 is 2.55 bits per heavy atom. The van der Waals surface area contributed by atoms with E-state index in [2.05, 4.69) is 27.9 Å². The molecule has 1 atom stereocenters. The maximum absolute atomic E-state index is 11.9. The lowest BCUT2D eigenvalue weighted by atomic mass is 10.2. The summed E-state index contributed by atoms with van der Waals surface area (Å²) in [6.45, 7) is 3.02. The molecule has 0 saturated carbocycles. The average Bonchev–Trinajstić information content (AvgIpc) is 2.58. The number of halogens is 1. The first-order valence-electron chi connectivity index (χ1n) is 7.37. The van der Waals surface area contributed by atoms with Gasteiger partial charge in [-0.2, -0.15) is 0 Å². The lowest BCUT2D eigenvalue weighted by Gasteiger charge is -2.13. The molecule has 1 amide bonds. The first kappa shape index (κ1) is 16.8. The maximum atomic E-state index is 11.9. The fraction of sp³-hybridized carbons (Fsp3) is 0.278. The number of benzene rings is 2. The summed E-state index contributed by atoms with van der Waals surface area (Å²) in [5.74, 6) is 0.883. The quantitative estimate of drug-likeness (QED) is 0.553. The normalized spacial score (nSPS) is 11.7. The van der Waals surface area contributed by atoms with E-state index < -0.39 is 0 Å². The molecule has 2 rings (SSSR count). The van der Waals surface area contributed by atoms with Gasteiger partial charge < -0.3 is 10.1 Å². The van der Waals surface area contributed by atoms with Gasteiger partial charge in [-0.05, 0) is 18.1 Å². The Balaban J connectivity index is 1.96. The second kappa shape index (κ2) is 8.78. The Hall–Kier alpha value is -1.56. The molecule has 0 bridgehead atoms. The van der Waals surface area contributed by atoms with E-state index in [4.69, 9.17) is 4.74 Å². The van der Waals surface area contributed by atoms with Crippen LogP contribution < -0.4 is 10.1 Å². The van der Waals surface area contributed by atoms with Crippen molar-refractivity contribution in [3.63, 3.8) is 0 Å². The van der Waals surface area contributed by atoms with E-state index in [1.54, 1.807) is 0 Å². The molecule has 0 aromatic heterocycles. The highest BCUT2D eigenvalue weighted by Crippen LogP contribution is 2.19. The SMILES string of the molecule is CCC(I)C(=O)NCc1ccccc1OCc1ccccc1. The van der Waals surface area contributed by atoms with Gasteiger partial charge in [0.1, 0.15) is 12.4 Å². The van der Waals surface area contributed by atoms with E-state index in [1.165, 1.54) is 0 Å². The minimum absolute atomic E-state index is 0.00926. The van der Waals surface area contributed by atoms with E-state index in [9.17, 15) is 4.79 Å². The van der Waals surface area contributed by atoms with Crippen molar-refractivity contribution in [1.29, 1.82) is 0 Å². The third-order valence-electron chi connectivity index (χ3n) is 3.31. The van der Waals surface area contributed by atoms with Crippen LogP contribution in [0.1, 0.15) is 24.5 Å². The van der Waals surface area contributed by atoms with Crippen LogP contribution in [0.15, 0.2) is 54.6 Å². The summed E-state index contributed by atoms with van der Waals surface area (Å²) in [7, 11) is 0. The summed E-state index contributed by atoms with van der Waals surface area (Å²) < 4.78 is 5.90. The molecule has 0 saturated heterocycles. The summed E-state index contributed by atoms with van der Waals surface area (Å²) in [6, 6.07) is 17.9. The van der Waals surface area contributed by atoms with Crippen molar-refractivity contribution in [3.8, 4) is 5.75 Å². The number of nitrogens with one attached hydrogen (secondary N) is 1. The number of carbonyl (C=O) groups excluding carboxylic acids is 1. The largest absolute Gasteiger partial charge is 0.489 e. The van der Waals surface area contributed by atoms with Gasteiger partial charge in [-0.25, -0.2) is 0 Å². The predicted molar refractivity (Wildman–Crippen MR) is 97.2 cm³/mol. The Labute approximate surface area is 145 Å². The number of hydrogen-bond acceptors (Lipinski definition) is 2. The minimum Gasteiger partial charge on any atom is -0.489 e. The van der Waals surface area contributed by atoms with E-state index in [0.29, 0.717) is 13.2 Å². The monoisotopic (exact) mass is 409 g/mol. The van der Waals surface area contributed by atoms with Crippen LogP contribution in [0.25, 0.3) is 0 Å². The van der Waals surface area contributed by atoms with Gasteiger partial charge in [0.15, 0.2) is 0 Å². The maximum Gasteiger partial charge on any atom is 0.233 e. The molecular formula is C18H20INO2. The van der Waals surface area contributed by atoms with Crippen molar-refractivity contribution >= 4 is 28.5 Å². The molecule has 0 spiro atoms. The highest BCUT2D eigenvalue weighted by Gasteiger charge is 2.12. The molecule has 4 heteroatoms. The van der Waals surface area contributed by atoms with Crippen molar-refractivity contribution in [2.24, 2.45) is 0 Å². The molecule has 0 fully saturated rings. The second-order valence-corrected chi connectivity index (χ2v) is 6.48. The number of rotatable bonds is 7. The predicted octanol–water partition coefficient (Wildman–Crippen LogP) is 4.10. The van der Waals surface area contributed by atoms with Crippen molar-refractivity contribution < 1.29 is 9.53 Å². The molecule has 1 unspecified atom stereocenters. The third kappa shape index (κ3) is 5.02. The van der Waals surface area contributed by atoms with E-state index in [0.717, 1.165) is 23.3 Å². The number of ether oxygens (including phenoxy) is 1. The fourth-order valence-corrected chi connectivity index (χ4v) is 2.22. The van der Waals surface area contributed by atoms with Gasteiger partial charge in [-0.3, -0.25) is 4.79 Å². The molecule has 3 nitrogen and oxygen atoms in total. The molecule has 0 radical (unpaired) electrons. The van der Waals surface area contributed by atoms with Gasteiger partial charge in [-0.15, -0.1) is 0 Å². The lowest BCUT2D eigenvalue weighted by molar-refractivity contribution is -0.120. The lowest BCUT2D eigenvalue weighted by Crippen LogP contribution is -2.30. The zero-order valence-electron chi connectivity index (χ0n) is 12.6. The Morgan fingerprint density at radius 1 is 1.14 bits per heavy atom. The third-order valence-corrected chi connectivity index (χ3v) is 4.75. The number of hydrogen-bond donors (Lipinski definition) is 1. The number of amides is 1. The molecule has 22 heavy (non-hydrogen) atoms. The highest BCUT2D eigenvalue weighted by atomic mass is 127. The van der Waals surface area contributed by atoms with Crippen LogP contribution in [0.5, 0.6) is 5.75 Å². The molecule has 0 heterocycles. The fourth-order valence-electron chi connectivity index (χ4n) is 2.00. The summed E-state index contributed by atoms with van der Waals surface area (Å²) in [4.78, 5) is 11.9. The Bertz CT molecular complexity index is 601. The molecule has 0 aliphatic rings. The number of alkyl halides is 1. The van der Waals surface area contributed by atoms with Crippen molar-refractivity contribution in [2.75, 3.05) is 0 Å². The van der Waals surface area contributed by atoms with Gasteiger partial charge in [0.05, 0.1) is 3.92 Å². The molecule has 116 valence electrons. The van der Waals surface area contributed by atoms with Gasteiger partial charge in [0.2, 0.25) is 5.91 Å². The number of carbonyl (C=O) groups is 1. The van der Waals surface area contributed by atoms with Crippen LogP contribution in [0.4, 0.5) is 0 Å². The summed E-state index contributed by atoms with van der Waals surface area (Å²) in [6.07, 6.45) is 0.832. The number of para-hydroxylation sites is 1. The molecular weight excluding hydrogens is 389 g/mol. The van der Waals surface area contributed by atoms with Crippen LogP contribution >= 0.6 is 22.6 Å². The minimum atomic E-state index is 0.00926. The second-order valence-electron chi connectivity index (χ2n) is 4.98. The van der Waals surface area contributed by atoms with E-state index >= 15 is 0 Å². The topological polar surface area (TPSA) is 38.3 Å². The first-order chi connectivity index (χ1) is 10.7. The molecule has 1 N–H and O–H groups in total. The molecule has 2 aromatic carbocycles. The standard InChI is InChI=1S/C18H20INO2/c1-2-16(19)18(21)20-12-15-10-6-7-11-17(15)22-13-14-8-4-3-5-9-14/h3-11,16H,2,12-13H2,1H3,(H,20,21). The Morgan fingerprint density at radius 2 is 1.82 bits per heavy atom. The molecule has 2 aromatic rings. The molecule has 0 aliphatic heterocycles. The van der Waals surface area contributed by atoms with Gasteiger partial charge in [0, 0.05) is 12.1 Å². The van der Waals surface area contributed by atoms with Gasteiger partial charge >= 0.3 is 0 Å². The van der Waals surface area contributed by atoms with E-state index in [-0.39, 0.29) is 9.83 Å². The summed E-state index contributed by atoms with van der Waals surface area (Å²) in [5.41, 5.74) is 2.12. The summed E-state index contributed by atoms with van der Waals surface area (Å²) >= 11 is 2.16.